The molecule has 0 radical (unpaired) electrons. The first kappa shape index (κ1) is 10.6. The number of nitrogens with one attached hydrogen (secondary N) is 1. The molecule has 0 fully saturated rings. The molecule has 0 atom stereocenters. The Labute approximate surface area is 94.2 Å². The largest absolute Gasteiger partial charge is 0.352 e. The summed E-state index contributed by atoms with van der Waals surface area (Å²) in [6.45, 7) is 4.13. The third-order valence-electron chi connectivity index (χ3n) is 2.73. The van der Waals surface area contributed by atoms with Crippen LogP contribution in [0.4, 0.5) is 0 Å². The molecule has 1 aromatic carbocycles. The van der Waals surface area contributed by atoms with Crippen LogP contribution in [0.25, 0.3) is 0 Å². The van der Waals surface area contributed by atoms with E-state index < -0.39 is 0 Å². The third kappa shape index (κ3) is 1.89. The van der Waals surface area contributed by atoms with Gasteiger partial charge in [0.2, 0.25) is 0 Å². The predicted molar refractivity (Wildman–Crippen MR) is 61.6 cm³/mol. The van der Waals surface area contributed by atoms with Gasteiger partial charge < -0.3 is 5.32 Å². The van der Waals surface area contributed by atoms with Gasteiger partial charge in [-0.05, 0) is 30.5 Å². The van der Waals surface area contributed by atoms with E-state index in [1.54, 1.807) is 12.1 Å². The number of carbonyl (C=O) groups excluding carboxylic acids is 2. The zero-order chi connectivity index (χ0) is 11.5. The highest BCUT2D eigenvalue weighted by molar-refractivity contribution is 6.06. The highest BCUT2D eigenvalue weighted by Crippen LogP contribution is 2.17. The second kappa shape index (κ2) is 4.31. The van der Waals surface area contributed by atoms with Gasteiger partial charge in [-0.15, -0.1) is 0 Å². The minimum Gasteiger partial charge on any atom is -0.352 e. The van der Waals surface area contributed by atoms with E-state index in [1.165, 1.54) is 6.08 Å². The van der Waals surface area contributed by atoms with Crippen LogP contribution in [-0.4, -0.2) is 18.2 Å². The molecule has 0 saturated carbocycles. The third-order valence-corrected chi connectivity index (χ3v) is 2.73. The quantitative estimate of drug-likeness (QED) is 0.603. The number of hydrogen-bond acceptors (Lipinski definition) is 2. The van der Waals surface area contributed by atoms with Crippen molar-refractivity contribution in [3.05, 3.63) is 47.5 Å². The lowest BCUT2D eigenvalue weighted by Gasteiger charge is -2.05. The lowest BCUT2D eigenvalue weighted by molar-refractivity contribution is 0.0956. The fraction of sp³-hybridized carbons (Fsp3) is 0.231. The van der Waals surface area contributed by atoms with Crippen molar-refractivity contribution in [3.8, 4) is 0 Å². The van der Waals surface area contributed by atoms with E-state index in [1.807, 2.05) is 6.07 Å². The molecule has 1 aromatic rings. The van der Waals surface area contributed by atoms with Gasteiger partial charge in [0.05, 0.1) is 0 Å². The molecule has 0 aromatic heterocycles. The summed E-state index contributed by atoms with van der Waals surface area (Å²) < 4.78 is 0. The lowest BCUT2D eigenvalue weighted by Crippen LogP contribution is -2.22. The van der Waals surface area contributed by atoms with Crippen LogP contribution in [0.15, 0.2) is 30.9 Å². The molecule has 1 N–H and O–H groups in total. The number of fused-ring (bicyclic) bond motifs is 1. The average molecular weight is 215 g/mol. The van der Waals surface area contributed by atoms with Crippen LogP contribution in [0.5, 0.6) is 0 Å². The van der Waals surface area contributed by atoms with Gasteiger partial charge in [0.25, 0.3) is 5.91 Å². The Morgan fingerprint density at radius 2 is 2.25 bits per heavy atom. The normalized spacial score (nSPS) is 14.6. The van der Waals surface area contributed by atoms with Gasteiger partial charge in [-0.25, -0.2) is 0 Å². The maximum atomic E-state index is 11.7. The molecule has 1 aliphatic heterocycles. The van der Waals surface area contributed by atoms with Gasteiger partial charge in [0.1, 0.15) is 0 Å². The first-order valence-electron chi connectivity index (χ1n) is 5.30. The van der Waals surface area contributed by atoms with Crippen molar-refractivity contribution in [1.29, 1.82) is 0 Å². The van der Waals surface area contributed by atoms with Crippen LogP contribution in [0.2, 0.25) is 0 Å². The summed E-state index contributed by atoms with van der Waals surface area (Å²) in [5.41, 5.74) is 2.15. The van der Waals surface area contributed by atoms with Crippen molar-refractivity contribution in [2.75, 3.05) is 6.54 Å². The highest BCUT2D eigenvalue weighted by atomic mass is 16.1. The summed E-state index contributed by atoms with van der Waals surface area (Å²) in [5, 5.41) is 2.81. The Morgan fingerprint density at radius 1 is 1.44 bits per heavy atom. The number of amides is 1. The molecular formula is C13H13NO2. The second-order valence-corrected chi connectivity index (χ2v) is 3.80. The summed E-state index contributed by atoms with van der Waals surface area (Å²) >= 11 is 0. The minimum atomic E-state index is -0.153. The van der Waals surface area contributed by atoms with Crippen molar-refractivity contribution in [3.63, 3.8) is 0 Å². The fourth-order valence-electron chi connectivity index (χ4n) is 1.85. The number of allylic oxidation sites excluding steroid dienone is 1. The van der Waals surface area contributed by atoms with Crippen LogP contribution in [-0.2, 0) is 6.42 Å². The van der Waals surface area contributed by atoms with E-state index in [4.69, 9.17) is 0 Å². The Hall–Kier alpha value is -1.90. The first-order valence-corrected chi connectivity index (χ1v) is 5.30. The molecule has 0 unspecified atom stereocenters. The molecule has 1 amide bonds. The maximum absolute atomic E-state index is 11.7. The molecule has 3 heteroatoms. The van der Waals surface area contributed by atoms with Crippen molar-refractivity contribution in [1.82, 2.24) is 5.32 Å². The van der Waals surface area contributed by atoms with Crippen LogP contribution in [0, 0.1) is 0 Å². The van der Waals surface area contributed by atoms with Gasteiger partial charge in [0.15, 0.2) is 5.78 Å². The predicted octanol–water partition coefficient (Wildman–Crippen LogP) is 1.73. The highest BCUT2D eigenvalue weighted by Gasteiger charge is 2.16. The summed E-state index contributed by atoms with van der Waals surface area (Å²) in [4.78, 5) is 23.2. The number of aryl methyl sites for hydroxylation is 1. The van der Waals surface area contributed by atoms with Gasteiger partial charge >= 0.3 is 0 Å². The van der Waals surface area contributed by atoms with Gasteiger partial charge in [0, 0.05) is 17.7 Å². The van der Waals surface area contributed by atoms with E-state index in [-0.39, 0.29) is 11.7 Å². The monoisotopic (exact) mass is 215 g/mol. The molecule has 16 heavy (non-hydrogen) atoms. The van der Waals surface area contributed by atoms with Crippen molar-refractivity contribution >= 4 is 11.7 Å². The topological polar surface area (TPSA) is 46.2 Å². The Balaban J connectivity index is 2.47. The summed E-state index contributed by atoms with van der Waals surface area (Å²) in [6.07, 6.45) is 3.07. The number of benzene rings is 1. The minimum absolute atomic E-state index is 0.0915. The molecule has 82 valence electrons. The second-order valence-electron chi connectivity index (χ2n) is 3.80. The van der Waals surface area contributed by atoms with E-state index in [0.29, 0.717) is 17.7 Å². The molecule has 0 saturated heterocycles. The van der Waals surface area contributed by atoms with Gasteiger partial charge in [-0.3, -0.25) is 9.59 Å². The fourth-order valence-corrected chi connectivity index (χ4v) is 1.85. The zero-order valence-electron chi connectivity index (χ0n) is 8.95. The first-order chi connectivity index (χ1) is 7.72. The standard InChI is InChI=1S/C13H13NO2/c1-2-12(15)10-6-5-9-4-3-7-14-13(16)11(9)8-10/h2,5-6,8H,1,3-4,7H2,(H,14,16). The molecule has 1 heterocycles. The van der Waals surface area contributed by atoms with Crippen molar-refractivity contribution in [2.24, 2.45) is 0 Å². The summed E-state index contributed by atoms with van der Waals surface area (Å²) in [5.74, 6) is -0.244. The van der Waals surface area contributed by atoms with Crippen molar-refractivity contribution in [2.45, 2.75) is 12.8 Å². The number of hydrogen-bond donors (Lipinski definition) is 1. The summed E-state index contributed by atoms with van der Waals surface area (Å²) in [7, 11) is 0. The summed E-state index contributed by atoms with van der Waals surface area (Å²) in [6, 6.07) is 5.26. The molecular weight excluding hydrogens is 202 g/mol. The van der Waals surface area contributed by atoms with Crippen LogP contribution >= 0.6 is 0 Å². The van der Waals surface area contributed by atoms with Gasteiger partial charge in [-0.1, -0.05) is 18.7 Å². The van der Waals surface area contributed by atoms with E-state index in [0.717, 1.165) is 18.4 Å². The number of ketones is 1. The Morgan fingerprint density at radius 3 is 3.00 bits per heavy atom. The molecule has 1 aliphatic rings. The molecule has 2 rings (SSSR count). The molecule has 3 nitrogen and oxygen atoms in total. The van der Waals surface area contributed by atoms with E-state index in [2.05, 4.69) is 11.9 Å². The zero-order valence-corrected chi connectivity index (χ0v) is 8.95. The number of carbonyl (C=O) groups is 2. The van der Waals surface area contributed by atoms with Gasteiger partial charge in [-0.2, -0.15) is 0 Å². The van der Waals surface area contributed by atoms with Crippen molar-refractivity contribution < 1.29 is 9.59 Å². The SMILES string of the molecule is C=CC(=O)c1ccc2c(c1)C(=O)NCCC2. The molecule has 0 spiro atoms. The smallest absolute Gasteiger partial charge is 0.251 e. The van der Waals surface area contributed by atoms with E-state index in [9.17, 15) is 9.59 Å². The Kier molecular flexibility index (Phi) is 2.86. The average Bonchev–Trinajstić information content (AvgIpc) is 2.50. The molecule has 0 aliphatic carbocycles. The maximum Gasteiger partial charge on any atom is 0.251 e. The van der Waals surface area contributed by atoms with E-state index >= 15 is 0 Å². The van der Waals surface area contributed by atoms with Crippen LogP contribution in [0.1, 0.15) is 32.7 Å². The number of rotatable bonds is 2. The van der Waals surface area contributed by atoms with Crippen LogP contribution < -0.4 is 5.32 Å². The lowest BCUT2D eigenvalue weighted by atomic mass is 9.99. The Bertz CT molecular complexity index is 463. The van der Waals surface area contributed by atoms with Crippen LogP contribution in [0.3, 0.4) is 0 Å². The molecule has 0 bridgehead atoms.